The van der Waals surface area contributed by atoms with Crippen molar-refractivity contribution >= 4 is 23.0 Å². The van der Waals surface area contributed by atoms with E-state index in [9.17, 15) is 14.9 Å². The van der Waals surface area contributed by atoms with Crippen LogP contribution in [0.25, 0.3) is 0 Å². The van der Waals surface area contributed by atoms with Crippen LogP contribution in [0, 0.1) is 10.1 Å². The van der Waals surface area contributed by atoms with E-state index < -0.39 is 4.92 Å². The van der Waals surface area contributed by atoms with Gasteiger partial charge in [0.15, 0.2) is 0 Å². The molecule has 7 nitrogen and oxygen atoms in total. The summed E-state index contributed by atoms with van der Waals surface area (Å²) in [4.78, 5) is 23.9. The minimum Gasteiger partial charge on any atom is -0.385 e. The third kappa shape index (κ3) is 3.37. The van der Waals surface area contributed by atoms with Crippen LogP contribution in [0.15, 0.2) is 18.2 Å². The van der Waals surface area contributed by atoms with Crippen molar-refractivity contribution in [3.63, 3.8) is 0 Å². The zero-order chi connectivity index (χ0) is 14.5. The summed E-state index contributed by atoms with van der Waals surface area (Å²) in [5.41, 5.74) is 1.45. The number of carbonyl (C=O) groups is 1. The number of hydrogen-bond acceptors (Lipinski definition) is 5. The molecule has 1 heterocycles. The van der Waals surface area contributed by atoms with E-state index in [1.807, 2.05) is 17.9 Å². The van der Waals surface area contributed by atoms with Crippen LogP contribution in [0.5, 0.6) is 0 Å². The smallest absolute Gasteiger partial charge is 0.273 e. The van der Waals surface area contributed by atoms with E-state index in [2.05, 4.69) is 10.6 Å². The Balaban J connectivity index is 2.28. The summed E-state index contributed by atoms with van der Waals surface area (Å²) in [6.45, 7) is 4.22. The van der Waals surface area contributed by atoms with Crippen LogP contribution in [0.2, 0.25) is 0 Å². The average Bonchev–Trinajstić information content (AvgIpc) is 2.44. The number of benzene rings is 1. The number of amides is 1. The summed E-state index contributed by atoms with van der Waals surface area (Å²) in [6, 6.07) is 4.88. The zero-order valence-corrected chi connectivity index (χ0v) is 11.4. The quantitative estimate of drug-likeness (QED) is 0.627. The highest BCUT2D eigenvalue weighted by molar-refractivity contribution is 5.83. The molecule has 0 radical (unpaired) electrons. The van der Waals surface area contributed by atoms with Gasteiger partial charge in [0, 0.05) is 43.1 Å². The summed E-state index contributed by atoms with van der Waals surface area (Å²) < 4.78 is 0. The summed E-state index contributed by atoms with van der Waals surface area (Å²) in [5.74, 6) is -0.0641. The van der Waals surface area contributed by atoms with Crippen LogP contribution in [-0.4, -0.2) is 37.0 Å². The molecule has 1 aliphatic heterocycles. The van der Waals surface area contributed by atoms with Gasteiger partial charge in [-0.05, 0) is 12.5 Å². The van der Waals surface area contributed by atoms with Gasteiger partial charge in [0.2, 0.25) is 5.91 Å². The number of non-ortho nitro benzene ring substituents is 1. The number of nitro benzene ring substituents is 1. The molecule has 0 bridgehead atoms. The van der Waals surface area contributed by atoms with Crippen LogP contribution in [0.1, 0.15) is 13.3 Å². The normalized spacial score (nSPS) is 14.8. The molecule has 2 N–H and O–H groups in total. The molecule has 20 heavy (non-hydrogen) atoms. The molecule has 7 heteroatoms. The Kier molecular flexibility index (Phi) is 4.39. The van der Waals surface area contributed by atoms with Gasteiger partial charge in [-0.1, -0.05) is 6.92 Å². The number of nitrogens with one attached hydrogen (secondary N) is 2. The second-order valence-corrected chi connectivity index (χ2v) is 4.69. The molecule has 1 aromatic carbocycles. The molecule has 0 aliphatic carbocycles. The maximum atomic E-state index is 11.4. The molecule has 1 amide bonds. The minimum absolute atomic E-state index is 0.0343. The van der Waals surface area contributed by atoms with Gasteiger partial charge in [0.1, 0.15) is 0 Å². The average molecular weight is 278 g/mol. The molecule has 0 saturated carbocycles. The summed E-state index contributed by atoms with van der Waals surface area (Å²) in [6.07, 6.45) is 0.935. The first-order valence-corrected chi connectivity index (χ1v) is 6.65. The lowest BCUT2D eigenvalue weighted by molar-refractivity contribution is -0.384. The standard InChI is InChI=1S/C13H18N4O3/c1-2-3-14-10-6-11(8-12(7-10)17(19)20)16-5-4-15-13(18)9-16/h6-8,14H,2-5,9H2,1H3,(H,15,18). The van der Waals surface area contributed by atoms with E-state index in [1.165, 1.54) is 12.1 Å². The fraction of sp³-hybridized carbons (Fsp3) is 0.462. The Morgan fingerprint density at radius 3 is 2.90 bits per heavy atom. The lowest BCUT2D eigenvalue weighted by Gasteiger charge is -2.28. The van der Waals surface area contributed by atoms with Gasteiger partial charge in [-0.25, -0.2) is 0 Å². The van der Waals surface area contributed by atoms with Gasteiger partial charge in [0.05, 0.1) is 11.5 Å². The van der Waals surface area contributed by atoms with Crippen LogP contribution in [0.4, 0.5) is 17.1 Å². The van der Waals surface area contributed by atoms with Gasteiger partial charge < -0.3 is 15.5 Å². The Bertz CT molecular complexity index is 518. The molecule has 1 fully saturated rings. The highest BCUT2D eigenvalue weighted by atomic mass is 16.6. The molecule has 1 aliphatic rings. The van der Waals surface area contributed by atoms with E-state index in [1.54, 1.807) is 0 Å². The molecule has 1 saturated heterocycles. The van der Waals surface area contributed by atoms with E-state index in [0.717, 1.165) is 13.0 Å². The number of carbonyl (C=O) groups excluding carboxylic acids is 1. The van der Waals surface area contributed by atoms with Gasteiger partial charge in [0.25, 0.3) is 5.69 Å². The van der Waals surface area contributed by atoms with Crippen molar-refractivity contribution in [2.75, 3.05) is 36.4 Å². The number of anilines is 2. The van der Waals surface area contributed by atoms with Gasteiger partial charge >= 0.3 is 0 Å². The van der Waals surface area contributed by atoms with E-state index in [-0.39, 0.29) is 18.1 Å². The first kappa shape index (κ1) is 14.1. The molecule has 0 atom stereocenters. The van der Waals surface area contributed by atoms with Crippen LogP contribution in [0.3, 0.4) is 0 Å². The number of nitro groups is 1. The number of piperazine rings is 1. The number of nitrogens with zero attached hydrogens (tertiary/aromatic N) is 2. The summed E-state index contributed by atoms with van der Waals surface area (Å²) in [7, 11) is 0. The molecule has 1 aromatic rings. The van der Waals surface area contributed by atoms with Crippen molar-refractivity contribution in [3.8, 4) is 0 Å². The Morgan fingerprint density at radius 2 is 2.25 bits per heavy atom. The van der Waals surface area contributed by atoms with Gasteiger partial charge in [-0.2, -0.15) is 0 Å². The third-order valence-electron chi connectivity index (χ3n) is 3.10. The predicted molar refractivity (Wildman–Crippen MR) is 77.1 cm³/mol. The number of rotatable bonds is 5. The molecule has 0 unspecified atom stereocenters. The zero-order valence-electron chi connectivity index (χ0n) is 11.4. The molecule has 2 rings (SSSR count). The van der Waals surface area contributed by atoms with Crippen molar-refractivity contribution in [2.24, 2.45) is 0 Å². The second kappa shape index (κ2) is 6.23. The van der Waals surface area contributed by atoms with Crippen molar-refractivity contribution < 1.29 is 9.72 Å². The Hall–Kier alpha value is -2.31. The topological polar surface area (TPSA) is 87.5 Å². The molecule has 108 valence electrons. The maximum absolute atomic E-state index is 11.4. The van der Waals surface area contributed by atoms with Crippen molar-refractivity contribution in [1.82, 2.24) is 5.32 Å². The SMILES string of the molecule is CCCNc1cc(N2CCNC(=O)C2)cc([N+](=O)[O-])c1. The van der Waals surface area contributed by atoms with Crippen molar-refractivity contribution in [3.05, 3.63) is 28.3 Å². The Labute approximate surface area is 117 Å². The fourth-order valence-electron chi connectivity index (χ4n) is 2.11. The van der Waals surface area contributed by atoms with E-state index >= 15 is 0 Å². The first-order chi connectivity index (χ1) is 9.60. The molecule has 0 aromatic heterocycles. The monoisotopic (exact) mass is 278 g/mol. The second-order valence-electron chi connectivity index (χ2n) is 4.69. The minimum atomic E-state index is -0.412. The first-order valence-electron chi connectivity index (χ1n) is 6.65. The highest BCUT2D eigenvalue weighted by Gasteiger charge is 2.19. The van der Waals surface area contributed by atoms with Gasteiger partial charge in [-0.15, -0.1) is 0 Å². The van der Waals surface area contributed by atoms with Crippen LogP contribution in [-0.2, 0) is 4.79 Å². The lowest BCUT2D eigenvalue weighted by atomic mass is 10.2. The van der Waals surface area contributed by atoms with E-state index in [0.29, 0.717) is 24.5 Å². The predicted octanol–water partition coefficient (Wildman–Crippen LogP) is 1.35. The Morgan fingerprint density at radius 1 is 1.45 bits per heavy atom. The summed E-state index contributed by atoms with van der Waals surface area (Å²) in [5, 5.41) is 16.9. The van der Waals surface area contributed by atoms with Crippen LogP contribution >= 0.6 is 0 Å². The number of hydrogen-bond donors (Lipinski definition) is 2. The van der Waals surface area contributed by atoms with Crippen molar-refractivity contribution in [2.45, 2.75) is 13.3 Å². The van der Waals surface area contributed by atoms with Crippen LogP contribution < -0.4 is 15.5 Å². The van der Waals surface area contributed by atoms with Gasteiger partial charge in [-0.3, -0.25) is 14.9 Å². The van der Waals surface area contributed by atoms with Crippen molar-refractivity contribution in [1.29, 1.82) is 0 Å². The lowest BCUT2D eigenvalue weighted by Crippen LogP contribution is -2.47. The third-order valence-corrected chi connectivity index (χ3v) is 3.10. The fourth-order valence-corrected chi connectivity index (χ4v) is 2.11. The largest absolute Gasteiger partial charge is 0.385 e. The molecule has 0 spiro atoms. The van der Waals surface area contributed by atoms with E-state index in [4.69, 9.17) is 0 Å². The molecular formula is C13H18N4O3. The molecular weight excluding hydrogens is 260 g/mol. The maximum Gasteiger partial charge on any atom is 0.273 e. The highest BCUT2D eigenvalue weighted by Crippen LogP contribution is 2.27. The summed E-state index contributed by atoms with van der Waals surface area (Å²) >= 11 is 0.